The van der Waals surface area contributed by atoms with Gasteiger partial charge >= 0.3 is 11.9 Å². The Labute approximate surface area is 208 Å². The van der Waals surface area contributed by atoms with Crippen LogP contribution < -0.4 is 11.5 Å². The first kappa shape index (κ1) is 24.9. The molecule has 0 spiro atoms. The number of hydrogen-bond acceptors (Lipinski definition) is 4. The van der Waals surface area contributed by atoms with Crippen LogP contribution in [0.25, 0.3) is 21.8 Å². The fourth-order valence-electron chi connectivity index (χ4n) is 3.25. The normalized spacial score (nSPS) is 12.5. The Bertz CT molecular complexity index is 1080. The van der Waals surface area contributed by atoms with Crippen LogP contribution in [-0.4, -0.2) is 81.9 Å². The van der Waals surface area contributed by atoms with Gasteiger partial charge in [0.25, 0.3) is 0 Å². The van der Waals surface area contributed by atoms with Gasteiger partial charge in [-0.05, 0) is 23.3 Å². The molecular formula is C22H24CaN4O4. The van der Waals surface area contributed by atoms with Gasteiger partial charge in [0.05, 0.1) is 0 Å². The molecule has 0 unspecified atom stereocenters. The van der Waals surface area contributed by atoms with Crippen molar-refractivity contribution in [1.82, 2.24) is 9.97 Å². The molecule has 2 aromatic heterocycles. The molecule has 4 rings (SSSR count). The van der Waals surface area contributed by atoms with Gasteiger partial charge in [-0.3, -0.25) is 9.59 Å². The van der Waals surface area contributed by atoms with E-state index in [4.69, 9.17) is 21.7 Å². The summed E-state index contributed by atoms with van der Waals surface area (Å²) >= 11 is 0. The predicted molar refractivity (Wildman–Crippen MR) is 121 cm³/mol. The van der Waals surface area contributed by atoms with Crippen LogP contribution in [0.3, 0.4) is 0 Å². The second-order valence-corrected chi connectivity index (χ2v) is 7.02. The van der Waals surface area contributed by atoms with Crippen LogP contribution in [0.15, 0.2) is 60.9 Å². The van der Waals surface area contributed by atoms with Gasteiger partial charge < -0.3 is 31.6 Å². The molecule has 0 saturated carbocycles. The summed E-state index contributed by atoms with van der Waals surface area (Å²) in [6.07, 6.45) is 4.32. The second-order valence-electron chi connectivity index (χ2n) is 7.02. The zero-order valence-electron chi connectivity index (χ0n) is 16.9. The van der Waals surface area contributed by atoms with Crippen LogP contribution in [-0.2, 0) is 22.4 Å². The topological polar surface area (TPSA) is 158 Å². The largest absolute Gasteiger partial charge is 0.480 e. The SMILES string of the molecule is N[C@@H](Cc1c[nH]c2ccccc12)C(=O)O.N[C@@H](Cc1c[nH]c2ccccc12)C(=O)O.[Ca]. The van der Waals surface area contributed by atoms with E-state index in [1.807, 2.05) is 60.9 Å². The summed E-state index contributed by atoms with van der Waals surface area (Å²) < 4.78 is 0. The van der Waals surface area contributed by atoms with E-state index < -0.39 is 24.0 Å². The maximum absolute atomic E-state index is 10.6. The zero-order chi connectivity index (χ0) is 21.7. The molecule has 2 aromatic carbocycles. The van der Waals surface area contributed by atoms with E-state index in [0.717, 1.165) is 32.9 Å². The van der Waals surface area contributed by atoms with Gasteiger partial charge in [0.15, 0.2) is 0 Å². The molecule has 2 radical (unpaired) electrons. The van der Waals surface area contributed by atoms with Crippen molar-refractivity contribution in [1.29, 1.82) is 0 Å². The summed E-state index contributed by atoms with van der Waals surface area (Å²) in [5.74, 6) is -1.94. The quantitative estimate of drug-likeness (QED) is 0.247. The van der Waals surface area contributed by atoms with E-state index in [0.29, 0.717) is 12.8 Å². The number of carboxylic acid groups (broad SMARTS) is 2. The summed E-state index contributed by atoms with van der Waals surface area (Å²) in [5.41, 5.74) is 14.9. The molecule has 31 heavy (non-hydrogen) atoms. The van der Waals surface area contributed by atoms with E-state index in [9.17, 15) is 9.59 Å². The molecule has 2 heterocycles. The first-order valence-corrected chi connectivity index (χ1v) is 9.43. The third kappa shape index (κ3) is 6.32. The Morgan fingerprint density at radius 1 is 0.742 bits per heavy atom. The van der Waals surface area contributed by atoms with Crippen molar-refractivity contribution in [2.24, 2.45) is 11.5 Å². The number of nitrogens with two attached hydrogens (primary N) is 2. The first-order chi connectivity index (χ1) is 14.4. The Morgan fingerprint density at radius 2 is 1.10 bits per heavy atom. The maximum atomic E-state index is 10.6. The molecule has 0 aliphatic carbocycles. The molecule has 8 nitrogen and oxygen atoms in total. The minimum atomic E-state index is -0.972. The van der Waals surface area contributed by atoms with Gasteiger partial charge in [-0.2, -0.15) is 0 Å². The van der Waals surface area contributed by atoms with Crippen molar-refractivity contribution in [3.05, 3.63) is 72.1 Å². The molecule has 0 saturated heterocycles. The van der Waals surface area contributed by atoms with Crippen LogP contribution in [0.2, 0.25) is 0 Å². The number of carbonyl (C=O) groups is 2. The van der Waals surface area contributed by atoms with Crippen LogP contribution in [0, 0.1) is 0 Å². The van der Waals surface area contributed by atoms with E-state index in [1.165, 1.54) is 0 Å². The number of nitrogens with one attached hydrogen (secondary N) is 2. The number of carboxylic acids is 2. The fraction of sp³-hybridized carbons (Fsp3) is 0.182. The zero-order valence-corrected chi connectivity index (χ0v) is 19.1. The van der Waals surface area contributed by atoms with Crippen LogP contribution >= 0.6 is 0 Å². The van der Waals surface area contributed by atoms with E-state index in [-0.39, 0.29) is 37.7 Å². The molecule has 8 N–H and O–H groups in total. The molecule has 158 valence electrons. The summed E-state index contributed by atoms with van der Waals surface area (Å²) in [6.45, 7) is 0. The summed E-state index contributed by atoms with van der Waals surface area (Å²) in [7, 11) is 0. The minimum absolute atomic E-state index is 0. The summed E-state index contributed by atoms with van der Waals surface area (Å²) in [4.78, 5) is 27.4. The average molecular weight is 449 g/mol. The molecule has 9 heteroatoms. The first-order valence-electron chi connectivity index (χ1n) is 9.43. The summed E-state index contributed by atoms with van der Waals surface area (Å²) in [5, 5.41) is 19.5. The van der Waals surface area contributed by atoms with Crippen molar-refractivity contribution in [2.75, 3.05) is 0 Å². The molecule has 0 fully saturated rings. The van der Waals surface area contributed by atoms with Crippen molar-refractivity contribution in [3.63, 3.8) is 0 Å². The van der Waals surface area contributed by atoms with Gasteiger partial charge in [-0.15, -0.1) is 0 Å². The molecule has 0 aliphatic rings. The number of benzene rings is 2. The standard InChI is InChI=1S/2C11H12N2O2.Ca/c2*12-9(11(14)15)5-7-6-13-10-4-2-1-3-8(7)10;/h2*1-4,6,9,13H,5,12H2,(H,14,15);/t2*9-;/m00./s1. The van der Waals surface area contributed by atoms with Gasteiger partial charge in [-0.25, -0.2) is 0 Å². The molecular weight excluding hydrogens is 424 g/mol. The smallest absolute Gasteiger partial charge is 0.320 e. The third-order valence-electron chi connectivity index (χ3n) is 4.86. The third-order valence-corrected chi connectivity index (χ3v) is 4.86. The minimum Gasteiger partial charge on any atom is -0.480 e. The van der Waals surface area contributed by atoms with Crippen molar-refractivity contribution in [3.8, 4) is 0 Å². The van der Waals surface area contributed by atoms with Gasteiger partial charge in [0.1, 0.15) is 12.1 Å². The number of hydrogen-bond donors (Lipinski definition) is 6. The molecule has 0 bridgehead atoms. The Morgan fingerprint density at radius 3 is 1.45 bits per heavy atom. The average Bonchev–Trinajstić information content (AvgIpc) is 3.33. The van der Waals surface area contributed by atoms with E-state index >= 15 is 0 Å². The maximum Gasteiger partial charge on any atom is 0.320 e. The number of H-pyrrole nitrogens is 2. The number of fused-ring (bicyclic) bond motifs is 2. The summed E-state index contributed by atoms with van der Waals surface area (Å²) in [6, 6.07) is 13.8. The Kier molecular flexibility index (Phi) is 9.09. The van der Waals surface area contributed by atoms with Crippen molar-refractivity contribution < 1.29 is 19.8 Å². The van der Waals surface area contributed by atoms with Crippen LogP contribution in [0.4, 0.5) is 0 Å². The van der Waals surface area contributed by atoms with Gasteiger partial charge in [-0.1, -0.05) is 36.4 Å². The Hall–Kier alpha value is -2.36. The molecule has 0 amide bonds. The Balaban J connectivity index is 0.000000213. The number of aliphatic carboxylic acids is 2. The van der Waals surface area contributed by atoms with Gasteiger partial charge in [0.2, 0.25) is 0 Å². The van der Waals surface area contributed by atoms with Crippen LogP contribution in [0.5, 0.6) is 0 Å². The molecule has 4 aromatic rings. The van der Waals surface area contributed by atoms with Crippen molar-refractivity contribution >= 4 is 71.5 Å². The number of para-hydroxylation sites is 2. The monoisotopic (exact) mass is 448 g/mol. The molecule has 2 atom stereocenters. The van der Waals surface area contributed by atoms with Crippen molar-refractivity contribution in [2.45, 2.75) is 24.9 Å². The predicted octanol–water partition coefficient (Wildman–Crippen LogP) is 1.86. The van der Waals surface area contributed by atoms with E-state index in [1.54, 1.807) is 0 Å². The van der Waals surface area contributed by atoms with E-state index in [2.05, 4.69) is 9.97 Å². The number of rotatable bonds is 6. The van der Waals surface area contributed by atoms with Crippen LogP contribution in [0.1, 0.15) is 11.1 Å². The van der Waals surface area contributed by atoms with Gasteiger partial charge in [0, 0.05) is 84.8 Å². The second kappa shape index (κ2) is 11.3. The fourth-order valence-corrected chi connectivity index (χ4v) is 3.25. The number of aromatic nitrogens is 2. The molecule has 0 aliphatic heterocycles. The number of aromatic amines is 2.